The Labute approximate surface area is 127 Å². The number of carbonyl (C=O) groups excluding carboxylic acids is 1. The van der Waals surface area contributed by atoms with Crippen molar-refractivity contribution in [3.05, 3.63) is 34.4 Å². The molecule has 1 atom stereocenters. The molecule has 0 heterocycles. The predicted octanol–water partition coefficient (Wildman–Crippen LogP) is 2.01. The number of carbonyl (C=O) groups is 1. The summed E-state index contributed by atoms with van der Waals surface area (Å²) in [5.41, 5.74) is -0.547. The molecule has 1 aromatic rings. The molecule has 1 rings (SSSR count). The van der Waals surface area contributed by atoms with Crippen molar-refractivity contribution in [3.8, 4) is 0 Å². The fraction of sp³-hybridized carbons (Fsp3) is 0.417. The number of hydrogen-bond acceptors (Lipinski definition) is 5. The minimum Gasteiger partial charge on any atom is -0.279 e. The fourth-order valence-corrected chi connectivity index (χ4v) is 4.02. The number of benzene rings is 1. The Morgan fingerprint density at radius 1 is 1.33 bits per heavy atom. The minimum atomic E-state index is -4.22. The first-order chi connectivity index (χ1) is 9.60. The number of nitro benzene ring substituents is 1. The second-order valence-electron chi connectivity index (χ2n) is 4.74. The van der Waals surface area contributed by atoms with E-state index in [1.165, 1.54) is 19.2 Å². The largest absolute Gasteiger partial charge is 0.289 e. The topological polar surface area (TPSA) is 97.6 Å². The van der Waals surface area contributed by atoms with E-state index < -0.39 is 36.8 Å². The van der Waals surface area contributed by atoms with Gasteiger partial charge in [-0.25, -0.2) is 8.42 Å². The quantitative estimate of drug-likeness (QED) is 0.450. The number of halogens is 1. The Balaban J connectivity index is 3.41. The molecule has 0 bridgehead atoms. The van der Waals surface area contributed by atoms with E-state index in [1.54, 1.807) is 13.8 Å². The maximum Gasteiger partial charge on any atom is 0.289 e. The zero-order valence-electron chi connectivity index (χ0n) is 11.7. The van der Waals surface area contributed by atoms with Gasteiger partial charge in [-0.2, -0.15) is 4.31 Å². The molecule has 0 N–H and O–H groups in total. The molecule has 0 fully saturated rings. The van der Waals surface area contributed by atoms with Gasteiger partial charge in [-0.15, -0.1) is 0 Å². The first kappa shape index (κ1) is 17.5. The van der Waals surface area contributed by atoms with E-state index in [4.69, 9.17) is 11.6 Å². The van der Waals surface area contributed by atoms with Crippen LogP contribution in [0.2, 0.25) is 0 Å². The van der Waals surface area contributed by atoms with Crippen LogP contribution < -0.4 is 0 Å². The molecular formula is C12H15ClN2O5S. The summed E-state index contributed by atoms with van der Waals surface area (Å²) in [4.78, 5) is 21.2. The number of nitro groups is 1. The monoisotopic (exact) mass is 334 g/mol. The molecule has 7 nitrogen and oxygen atoms in total. The van der Waals surface area contributed by atoms with Crippen molar-refractivity contribution in [2.75, 3.05) is 7.05 Å². The van der Waals surface area contributed by atoms with Gasteiger partial charge in [-0.05, 0) is 23.6 Å². The van der Waals surface area contributed by atoms with Gasteiger partial charge >= 0.3 is 0 Å². The maximum atomic E-state index is 12.5. The molecule has 0 spiro atoms. The van der Waals surface area contributed by atoms with Crippen LogP contribution in [0.3, 0.4) is 0 Å². The highest BCUT2D eigenvalue weighted by molar-refractivity contribution is 7.89. The normalized spacial score (nSPS) is 13.4. The second kappa shape index (κ2) is 6.50. The van der Waals surface area contributed by atoms with Gasteiger partial charge in [0.2, 0.25) is 15.3 Å². The number of para-hydroxylation sites is 1. The third-order valence-electron chi connectivity index (χ3n) is 2.97. The molecule has 21 heavy (non-hydrogen) atoms. The van der Waals surface area contributed by atoms with Crippen molar-refractivity contribution in [2.24, 2.45) is 5.92 Å². The Kier molecular flexibility index (Phi) is 5.43. The Morgan fingerprint density at radius 3 is 2.29 bits per heavy atom. The van der Waals surface area contributed by atoms with Gasteiger partial charge in [-0.3, -0.25) is 14.9 Å². The highest BCUT2D eigenvalue weighted by Crippen LogP contribution is 2.28. The van der Waals surface area contributed by atoms with E-state index >= 15 is 0 Å². The maximum absolute atomic E-state index is 12.5. The molecule has 0 saturated carbocycles. The number of likely N-dealkylation sites (N-methyl/N-ethyl adjacent to an activating group) is 1. The number of hydrogen-bond donors (Lipinski definition) is 0. The highest BCUT2D eigenvalue weighted by Gasteiger charge is 2.37. The van der Waals surface area contributed by atoms with Crippen molar-refractivity contribution >= 4 is 32.6 Å². The van der Waals surface area contributed by atoms with E-state index in [2.05, 4.69) is 0 Å². The van der Waals surface area contributed by atoms with Crippen LogP contribution >= 0.6 is 11.6 Å². The molecule has 1 unspecified atom stereocenters. The molecule has 116 valence electrons. The van der Waals surface area contributed by atoms with Gasteiger partial charge < -0.3 is 0 Å². The summed E-state index contributed by atoms with van der Waals surface area (Å²) in [7, 11) is -3.04. The molecule has 9 heteroatoms. The minimum absolute atomic E-state index is 0.377. The van der Waals surface area contributed by atoms with Crippen molar-refractivity contribution in [2.45, 2.75) is 24.8 Å². The van der Waals surface area contributed by atoms with Crippen LogP contribution in [0.4, 0.5) is 5.69 Å². The fourth-order valence-electron chi connectivity index (χ4n) is 1.96. The summed E-state index contributed by atoms with van der Waals surface area (Å²) in [6.07, 6.45) is 0. The number of sulfonamides is 1. The van der Waals surface area contributed by atoms with Gasteiger partial charge in [0.1, 0.15) is 6.04 Å². The van der Waals surface area contributed by atoms with Crippen LogP contribution in [0.15, 0.2) is 29.2 Å². The Hall–Kier alpha value is -1.51. The van der Waals surface area contributed by atoms with Gasteiger partial charge in [0.05, 0.1) is 4.92 Å². The second-order valence-corrected chi connectivity index (χ2v) is 7.08. The summed E-state index contributed by atoms with van der Waals surface area (Å²) < 4.78 is 25.8. The van der Waals surface area contributed by atoms with Gasteiger partial charge in [0.15, 0.2) is 4.90 Å². The van der Waals surface area contributed by atoms with Crippen LogP contribution in [-0.4, -0.2) is 36.0 Å². The van der Waals surface area contributed by atoms with Gasteiger partial charge in [0, 0.05) is 13.1 Å². The summed E-state index contributed by atoms with van der Waals surface area (Å²) in [5, 5.41) is 10.1. The molecule has 0 saturated heterocycles. The van der Waals surface area contributed by atoms with Crippen molar-refractivity contribution < 1.29 is 18.1 Å². The molecule has 0 aliphatic rings. The van der Waals surface area contributed by atoms with E-state index in [0.29, 0.717) is 0 Å². The van der Waals surface area contributed by atoms with E-state index in [1.807, 2.05) is 0 Å². The Bertz CT molecular complexity index is 659. The molecule has 0 radical (unpaired) electrons. The zero-order chi connectivity index (χ0) is 16.4. The molecule has 0 amide bonds. The van der Waals surface area contributed by atoms with E-state index in [9.17, 15) is 23.3 Å². The first-order valence-electron chi connectivity index (χ1n) is 6.01. The molecule has 0 aromatic heterocycles. The van der Waals surface area contributed by atoms with E-state index in [-0.39, 0.29) is 5.92 Å². The van der Waals surface area contributed by atoms with Crippen LogP contribution in [-0.2, 0) is 14.8 Å². The lowest BCUT2D eigenvalue weighted by atomic mass is 10.1. The van der Waals surface area contributed by atoms with Crippen molar-refractivity contribution in [1.82, 2.24) is 4.31 Å². The third-order valence-corrected chi connectivity index (χ3v) is 5.08. The summed E-state index contributed by atoms with van der Waals surface area (Å²) in [5.74, 6) is -0.377. The van der Waals surface area contributed by atoms with Crippen LogP contribution in [0.1, 0.15) is 13.8 Å². The van der Waals surface area contributed by atoms with Gasteiger partial charge in [-0.1, -0.05) is 26.0 Å². The molecule has 0 aliphatic carbocycles. The number of rotatable bonds is 6. The van der Waals surface area contributed by atoms with Crippen LogP contribution in [0.25, 0.3) is 0 Å². The van der Waals surface area contributed by atoms with Crippen molar-refractivity contribution in [3.63, 3.8) is 0 Å². The Morgan fingerprint density at radius 2 is 1.86 bits per heavy atom. The summed E-state index contributed by atoms with van der Waals surface area (Å²) >= 11 is 5.45. The third kappa shape index (κ3) is 3.58. The lowest BCUT2D eigenvalue weighted by molar-refractivity contribution is -0.387. The standard InChI is InChI=1S/C12H15ClN2O5S/c1-8(2)11(12(13)16)14(3)21(19,20)10-7-5-4-6-9(10)15(17)18/h4-8,11H,1-3H3. The van der Waals surface area contributed by atoms with Crippen molar-refractivity contribution in [1.29, 1.82) is 0 Å². The van der Waals surface area contributed by atoms with E-state index in [0.717, 1.165) is 16.4 Å². The molecular weight excluding hydrogens is 320 g/mol. The zero-order valence-corrected chi connectivity index (χ0v) is 13.3. The van der Waals surface area contributed by atoms with Crippen LogP contribution in [0.5, 0.6) is 0 Å². The highest BCUT2D eigenvalue weighted by atomic mass is 35.5. The first-order valence-corrected chi connectivity index (χ1v) is 7.83. The molecule has 1 aromatic carbocycles. The summed E-state index contributed by atoms with van der Waals surface area (Å²) in [6.45, 7) is 3.27. The lowest BCUT2D eigenvalue weighted by Crippen LogP contribution is -2.44. The number of nitrogens with zero attached hydrogens (tertiary/aromatic N) is 2. The summed E-state index contributed by atoms with van der Waals surface area (Å²) in [6, 6.07) is 3.86. The van der Waals surface area contributed by atoms with Gasteiger partial charge in [0.25, 0.3) is 5.69 Å². The SMILES string of the molecule is CC(C)C(C(=O)Cl)N(C)S(=O)(=O)c1ccccc1[N+](=O)[O-]. The average molecular weight is 335 g/mol. The van der Waals surface area contributed by atoms with Crippen LogP contribution in [0, 0.1) is 16.0 Å². The smallest absolute Gasteiger partial charge is 0.279 e. The average Bonchev–Trinajstić information content (AvgIpc) is 2.37. The molecule has 0 aliphatic heterocycles. The predicted molar refractivity (Wildman–Crippen MR) is 77.5 cm³/mol. The lowest BCUT2D eigenvalue weighted by Gasteiger charge is -2.27.